The number of nitrogen functional groups attached to an aromatic ring is 1. The molecular weight excluding hydrogens is 248 g/mol. The molecule has 1 fully saturated rings. The van der Waals surface area contributed by atoms with Crippen molar-refractivity contribution in [1.29, 1.82) is 0 Å². The van der Waals surface area contributed by atoms with E-state index in [4.69, 9.17) is 5.73 Å². The Bertz CT molecular complexity index is 490. The molecule has 3 rings (SSSR count). The molecule has 3 heteroatoms. The van der Waals surface area contributed by atoms with Gasteiger partial charge in [-0.05, 0) is 49.4 Å². The normalized spacial score (nSPS) is 20.3. The lowest BCUT2D eigenvalue weighted by molar-refractivity contribution is -0.122. The first-order chi connectivity index (χ1) is 9.75. The van der Waals surface area contributed by atoms with E-state index in [-0.39, 0.29) is 5.92 Å². The summed E-state index contributed by atoms with van der Waals surface area (Å²) in [5.74, 6) is 0.582. The number of nitrogens with zero attached hydrogens (tertiary/aromatic N) is 1. The Kier molecular flexibility index (Phi) is 3.95. The van der Waals surface area contributed by atoms with Crippen LogP contribution >= 0.6 is 0 Å². The molecule has 0 unspecified atom stereocenters. The molecule has 0 spiro atoms. The molecular formula is C17H24N2O. The van der Waals surface area contributed by atoms with Crippen LogP contribution in [0, 0.1) is 5.92 Å². The SMILES string of the molecule is Nc1ccc2c(c1)CCCN2C(=O)C1CCCCCC1. The topological polar surface area (TPSA) is 46.3 Å². The van der Waals surface area contributed by atoms with E-state index in [9.17, 15) is 4.79 Å². The number of carbonyl (C=O) groups excluding carboxylic acids is 1. The number of aryl methyl sites for hydroxylation is 1. The number of rotatable bonds is 1. The molecule has 0 atom stereocenters. The molecule has 1 aromatic carbocycles. The summed E-state index contributed by atoms with van der Waals surface area (Å²) in [6.45, 7) is 0.867. The van der Waals surface area contributed by atoms with E-state index in [1.165, 1.54) is 31.2 Å². The predicted molar refractivity (Wildman–Crippen MR) is 82.7 cm³/mol. The number of anilines is 2. The molecule has 0 bridgehead atoms. The number of carbonyl (C=O) groups is 1. The van der Waals surface area contributed by atoms with Gasteiger partial charge >= 0.3 is 0 Å². The zero-order valence-corrected chi connectivity index (χ0v) is 12.1. The van der Waals surface area contributed by atoms with Gasteiger partial charge in [-0.3, -0.25) is 4.79 Å². The number of benzene rings is 1. The Balaban J connectivity index is 1.82. The predicted octanol–water partition coefficient (Wildman–Crippen LogP) is 3.52. The average Bonchev–Trinajstić information content (AvgIpc) is 2.74. The molecule has 0 radical (unpaired) electrons. The van der Waals surface area contributed by atoms with E-state index in [0.29, 0.717) is 5.91 Å². The fourth-order valence-corrected chi connectivity index (χ4v) is 3.59. The van der Waals surface area contributed by atoms with Crippen LogP contribution in [0.2, 0.25) is 0 Å². The fraction of sp³-hybridized carbons (Fsp3) is 0.588. The zero-order chi connectivity index (χ0) is 13.9. The minimum absolute atomic E-state index is 0.237. The van der Waals surface area contributed by atoms with Crippen molar-refractivity contribution < 1.29 is 4.79 Å². The molecule has 1 saturated carbocycles. The third-order valence-corrected chi connectivity index (χ3v) is 4.69. The van der Waals surface area contributed by atoms with Gasteiger partial charge in [0.2, 0.25) is 5.91 Å². The molecule has 20 heavy (non-hydrogen) atoms. The van der Waals surface area contributed by atoms with Gasteiger partial charge < -0.3 is 10.6 Å². The molecule has 2 N–H and O–H groups in total. The van der Waals surface area contributed by atoms with Gasteiger partial charge in [-0.25, -0.2) is 0 Å². The Morgan fingerprint density at radius 2 is 1.85 bits per heavy atom. The summed E-state index contributed by atoms with van der Waals surface area (Å²) in [6.07, 6.45) is 9.22. The van der Waals surface area contributed by atoms with Gasteiger partial charge in [0.05, 0.1) is 0 Å². The second-order valence-electron chi connectivity index (χ2n) is 6.17. The number of nitrogens with two attached hydrogens (primary N) is 1. The van der Waals surface area contributed by atoms with Gasteiger partial charge in [-0.15, -0.1) is 0 Å². The quantitative estimate of drug-likeness (QED) is 0.628. The van der Waals surface area contributed by atoms with Crippen molar-refractivity contribution in [2.45, 2.75) is 51.4 Å². The first-order valence-electron chi connectivity index (χ1n) is 7.95. The average molecular weight is 272 g/mol. The van der Waals surface area contributed by atoms with Crippen LogP contribution in [0.25, 0.3) is 0 Å². The van der Waals surface area contributed by atoms with Crippen LogP contribution in [0.4, 0.5) is 11.4 Å². The summed E-state index contributed by atoms with van der Waals surface area (Å²) in [5, 5.41) is 0. The lowest BCUT2D eigenvalue weighted by atomic mass is 9.95. The summed E-state index contributed by atoms with van der Waals surface area (Å²) in [6, 6.07) is 5.97. The van der Waals surface area contributed by atoms with Crippen molar-refractivity contribution in [1.82, 2.24) is 0 Å². The van der Waals surface area contributed by atoms with Gasteiger partial charge in [-0.1, -0.05) is 25.7 Å². The standard InChI is InChI=1S/C17H24N2O/c18-15-9-10-16-14(12-15)8-5-11-19(16)17(20)13-6-3-1-2-4-7-13/h9-10,12-13H,1-8,11,18H2. The summed E-state index contributed by atoms with van der Waals surface area (Å²) in [7, 11) is 0. The maximum absolute atomic E-state index is 12.8. The second-order valence-corrected chi connectivity index (χ2v) is 6.17. The molecule has 2 aliphatic rings. The van der Waals surface area contributed by atoms with E-state index >= 15 is 0 Å². The van der Waals surface area contributed by atoms with Gasteiger partial charge in [0, 0.05) is 23.8 Å². The van der Waals surface area contributed by atoms with Crippen LogP contribution in [0.1, 0.15) is 50.5 Å². The van der Waals surface area contributed by atoms with Crippen molar-refractivity contribution in [3.63, 3.8) is 0 Å². The minimum atomic E-state index is 0.237. The molecule has 3 nitrogen and oxygen atoms in total. The van der Waals surface area contributed by atoms with Gasteiger partial charge in [-0.2, -0.15) is 0 Å². The minimum Gasteiger partial charge on any atom is -0.399 e. The largest absolute Gasteiger partial charge is 0.399 e. The summed E-state index contributed by atoms with van der Waals surface area (Å²) in [4.78, 5) is 14.9. The lowest BCUT2D eigenvalue weighted by Gasteiger charge is -2.32. The highest BCUT2D eigenvalue weighted by Gasteiger charge is 2.28. The van der Waals surface area contributed by atoms with Crippen LogP contribution in [0.5, 0.6) is 0 Å². The molecule has 1 aliphatic carbocycles. The molecule has 1 amide bonds. The van der Waals surface area contributed by atoms with Crippen molar-refractivity contribution in [2.24, 2.45) is 5.92 Å². The van der Waals surface area contributed by atoms with E-state index < -0.39 is 0 Å². The molecule has 108 valence electrons. The fourth-order valence-electron chi connectivity index (χ4n) is 3.59. The maximum atomic E-state index is 12.8. The van der Waals surface area contributed by atoms with E-state index in [1.807, 2.05) is 23.1 Å². The number of fused-ring (bicyclic) bond motifs is 1. The van der Waals surface area contributed by atoms with Crippen LogP contribution in [0.3, 0.4) is 0 Å². The molecule has 1 aliphatic heterocycles. The first-order valence-corrected chi connectivity index (χ1v) is 7.95. The third-order valence-electron chi connectivity index (χ3n) is 4.69. The van der Waals surface area contributed by atoms with E-state index in [2.05, 4.69) is 0 Å². The van der Waals surface area contributed by atoms with Crippen molar-refractivity contribution in [3.8, 4) is 0 Å². The number of hydrogen-bond acceptors (Lipinski definition) is 2. The van der Waals surface area contributed by atoms with E-state index in [1.54, 1.807) is 0 Å². The van der Waals surface area contributed by atoms with Crippen LogP contribution in [-0.4, -0.2) is 12.5 Å². The Labute approximate surface area is 121 Å². The van der Waals surface area contributed by atoms with Gasteiger partial charge in [0.15, 0.2) is 0 Å². The number of hydrogen-bond donors (Lipinski definition) is 1. The number of amides is 1. The van der Waals surface area contributed by atoms with Gasteiger partial charge in [0.25, 0.3) is 0 Å². The highest BCUT2D eigenvalue weighted by atomic mass is 16.2. The maximum Gasteiger partial charge on any atom is 0.230 e. The Morgan fingerprint density at radius 1 is 1.10 bits per heavy atom. The summed E-state index contributed by atoms with van der Waals surface area (Å²) < 4.78 is 0. The van der Waals surface area contributed by atoms with Crippen LogP contribution in [0.15, 0.2) is 18.2 Å². The highest BCUT2D eigenvalue weighted by Crippen LogP contribution is 2.32. The van der Waals surface area contributed by atoms with Crippen molar-refractivity contribution in [2.75, 3.05) is 17.2 Å². The zero-order valence-electron chi connectivity index (χ0n) is 12.1. The van der Waals surface area contributed by atoms with Gasteiger partial charge in [0.1, 0.15) is 0 Å². The van der Waals surface area contributed by atoms with Crippen LogP contribution in [-0.2, 0) is 11.2 Å². The van der Waals surface area contributed by atoms with Crippen molar-refractivity contribution in [3.05, 3.63) is 23.8 Å². The second kappa shape index (κ2) is 5.86. The molecule has 1 heterocycles. The third kappa shape index (κ3) is 2.67. The molecule has 1 aromatic rings. The molecule has 0 saturated heterocycles. The smallest absolute Gasteiger partial charge is 0.230 e. The summed E-state index contributed by atoms with van der Waals surface area (Å²) >= 11 is 0. The summed E-state index contributed by atoms with van der Waals surface area (Å²) in [5.41, 5.74) is 8.99. The molecule has 0 aromatic heterocycles. The Hall–Kier alpha value is -1.51. The monoisotopic (exact) mass is 272 g/mol. The Morgan fingerprint density at radius 3 is 2.60 bits per heavy atom. The van der Waals surface area contributed by atoms with E-state index in [0.717, 1.165) is 43.6 Å². The highest BCUT2D eigenvalue weighted by molar-refractivity contribution is 5.96. The van der Waals surface area contributed by atoms with Crippen LogP contribution < -0.4 is 10.6 Å². The lowest BCUT2D eigenvalue weighted by Crippen LogP contribution is -2.39. The van der Waals surface area contributed by atoms with Crippen molar-refractivity contribution >= 4 is 17.3 Å². The first kappa shape index (κ1) is 13.5.